The molecule has 7 aromatic carbocycles. The van der Waals surface area contributed by atoms with Crippen molar-refractivity contribution in [2.24, 2.45) is 0 Å². The molecule has 1 heterocycles. The molecule has 3 nitrogen and oxygen atoms in total. The maximum Gasteiger partial charge on any atom is 0.180 e. The van der Waals surface area contributed by atoms with E-state index < -0.39 is 8.07 Å². The number of hydrogen-bond donors (Lipinski definition) is 0. The van der Waals surface area contributed by atoms with Crippen molar-refractivity contribution in [1.29, 1.82) is 10.5 Å². The van der Waals surface area contributed by atoms with Crippen LogP contribution in [0.3, 0.4) is 0 Å². The largest absolute Gasteiger partial charge is 0.309 e. The highest BCUT2D eigenvalue weighted by Gasteiger charge is 2.43. The summed E-state index contributed by atoms with van der Waals surface area (Å²) in [5.41, 5.74) is 6.21. The number of benzene rings is 7. The van der Waals surface area contributed by atoms with E-state index in [-0.39, 0.29) is 0 Å². The Bertz CT molecular complexity index is 2430. The number of fused-ring (bicyclic) bond motifs is 3. The first-order valence-electron chi connectivity index (χ1n) is 16.0. The summed E-state index contributed by atoms with van der Waals surface area (Å²) in [6.45, 7) is 0. The van der Waals surface area contributed by atoms with Crippen molar-refractivity contribution >= 4 is 50.6 Å². The van der Waals surface area contributed by atoms with Gasteiger partial charge in [0.15, 0.2) is 8.07 Å². The van der Waals surface area contributed by atoms with E-state index in [1.807, 2.05) is 36.4 Å². The van der Waals surface area contributed by atoms with Gasteiger partial charge in [-0.2, -0.15) is 10.5 Å². The molecule has 0 unspecified atom stereocenters. The van der Waals surface area contributed by atoms with Gasteiger partial charge in [-0.3, -0.25) is 0 Å². The van der Waals surface area contributed by atoms with E-state index in [1.54, 1.807) is 0 Å². The molecule has 0 spiro atoms. The molecule has 0 aliphatic heterocycles. The van der Waals surface area contributed by atoms with Crippen LogP contribution in [0.2, 0.25) is 0 Å². The Kier molecular flexibility index (Phi) is 7.27. The van der Waals surface area contributed by atoms with Crippen LogP contribution in [-0.2, 0) is 0 Å². The van der Waals surface area contributed by atoms with Gasteiger partial charge in [0.25, 0.3) is 0 Å². The molecule has 0 aliphatic rings. The van der Waals surface area contributed by atoms with Crippen molar-refractivity contribution in [3.63, 3.8) is 0 Å². The zero-order valence-electron chi connectivity index (χ0n) is 26.1. The van der Waals surface area contributed by atoms with Crippen molar-refractivity contribution in [2.75, 3.05) is 0 Å². The minimum atomic E-state index is -2.97. The minimum absolute atomic E-state index is 0.627. The Morgan fingerprint density at radius 3 is 1.60 bits per heavy atom. The fourth-order valence-corrected chi connectivity index (χ4v) is 12.4. The maximum atomic E-state index is 11.2. The summed E-state index contributed by atoms with van der Waals surface area (Å²) in [4.78, 5) is 0. The fourth-order valence-electron chi connectivity index (χ4n) is 7.44. The molecule has 1 aromatic heterocycles. The second-order valence-electron chi connectivity index (χ2n) is 11.9. The molecule has 0 amide bonds. The summed E-state index contributed by atoms with van der Waals surface area (Å²) >= 11 is 0. The van der Waals surface area contributed by atoms with E-state index >= 15 is 0 Å². The van der Waals surface area contributed by atoms with Crippen LogP contribution in [0.15, 0.2) is 176 Å². The number of hydrogen-bond acceptors (Lipinski definition) is 2. The van der Waals surface area contributed by atoms with Crippen LogP contribution in [0.1, 0.15) is 11.1 Å². The molecule has 8 rings (SSSR count). The molecular weight excluding hydrogens is 599 g/mol. The lowest BCUT2D eigenvalue weighted by Crippen LogP contribution is -2.75. The Labute approximate surface area is 280 Å². The number of rotatable bonds is 6. The SMILES string of the molecule is N#Cc1ccc2c(c1)c1ccccc1n2-c1ccccc1-c1cccc([Si](c2ccccc2)(c2ccccc2)c2ccccc2)c1C#N. The first-order chi connectivity index (χ1) is 23.8. The molecule has 0 radical (unpaired) electrons. The highest BCUT2D eigenvalue weighted by molar-refractivity contribution is 7.20. The number of nitrogens with zero attached hydrogens (tertiary/aromatic N) is 3. The molecule has 0 aliphatic carbocycles. The van der Waals surface area contributed by atoms with E-state index in [9.17, 15) is 10.5 Å². The van der Waals surface area contributed by atoms with E-state index in [4.69, 9.17) is 0 Å². The van der Waals surface area contributed by atoms with Crippen LogP contribution in [-0.4, -0.2) is 12.6 Å². The topological polar surface area (TPSA) is 52.5 Å². The summed E-state index contributed by atoms with van der Waals surface area (Å²) in [6.07, 6.45) is 0. The molecule has 0 bridgehead atoms. The zero-order valence-corrected chi connectivity index (χ0v) is 27.1. The van der Waals surface area contributed by atoms with Crippen molar-refractivity contribution in [1.82, 2.24) is 4.57 Å². The predicted octanol–water partition coefficient (Wildman–Crippen LogP) is 7.57. The molecule has 48 heavy (non-hydrogen) atoms. The third-order valence-electron chi connectivity index (χ3n) is 9.44. The molecule has 0 N–H and O–H groups in total. The van der Waals surface area contributed by atoms with Gasteiger partial charge in [0, 0.05) is 21.9 Å². The third kappa shape index (κ3) is 4.48. The molecule has 0 saturated carbocycles. The maximum absolute atomic E-state index is 11.2. The van der Waals surface area contributed by atoms with E-state index in [0.717, 1.165) is 43.8 Å². The van der Waals surface area contributed by atoms with Gasteiger partial charge < -0.3 is 4.57 Å². The normalized spacial score (nSPS) is 11.3. The fraction of sp³-hybridized carbons (Fsp3) is 0. The van der Waals surface area contributed by atoms with Crippen molar-refractivity contribution in [3.05, 3.63) is 187 Å². The second-order valence-corrected chi connectivity index (χ2v) is 15.7. The van der Waals surface area contributed by atoms with Gasteiger partial charge in [-0.1, -0.05) is 146 Å². The Morgan fingerprint density at radius 1 is 0.438 bits per heavy atom. The van der Waals surface area contributed by atoms with Gasteiger partial charge in [0.1, 0.15) is 0 Å². The number of aromatic nitrogens is 1. The number of para-hydroxylation sites is 2. The summed E-state index contributed by atoms with van der Waals surface area (Å²) in [7, 11) is -2.97. The van der Waals surface area contributed by atoms with Crippen LogP contribution in [0.25, 0.3) is 38.6 Å². The Morgan fingerprint density at radius 2 is 0.979 bits per heavy atom. The molecule has 0 saturated heterocycles. The van der Waals surface area contributed by atoms with Gasteiger partial charge in [-0.05, 0) is 51.1 Å². The van der Waals surface area contributed by atoms with Gasteiger partial charge in [0.05, 0.1) is 40.0 Å². The summed E-state index contributed by atoms with van der Waals surface area (Å²) in [6, 6.07) is 66.1. The Balaban J connectivity index is 1.46. The van der Waals surface area contributed by atoms with Crippen LogP contribution >= 0.6 is 0 Å². The molecule has 0 fully saturated rings. The lowest BCUT2D eigenvalue weighted by molar-refractivity contribution is 1.18. The third-order valence-corrected chi connectivity index (χ3v) is 14.3. The van der Waals surface area contributed by atoms with Crippen LogP contribution in [0.4, 0.5) is 0 Å². The van der Waals surface area contributed by atoms with E-state index in [0.29, 0.717) is 11.1 Å². The van der Waals surface area contributed by atoms with Crippen LogP contribution < -0.4 is 20.7 Å². The smallest absolute Gasteiger partial charge is 0.180 e. The average molecular weight is 628 g/mol. The summed E-state index contributed by atoms with van der Waals surface area (Å²) in [5.74, 6) is 0. The monoisotopic (exact) mass is 627 g/mol. The lowest BCUT2D eigenvalue weighted by Gasteiger charge is -2.35. The second kappa shape index (κ2) is 12.0. The van der Waals surface area contributed by atoms with Crippen LogP contribution in [0.5, 0.6) is 0 Å². The van der Waals surface area contributed by atoms with Gasteiger partial charge in [-0.25, -0.2) is 0 Å². The molecular formula is C44H29N3Si. The van der Waals surface area contributed by atoms with E-state index in [1.165, 1.54) is 15.6 Å². The molecule has 224 valence electrons. The molecule has 4 heteroatoms. The van der Waals surface area contributed by atoms with Crippen molar-refractivity contribution in [3.8, 4) is 29.0 Å². The van der Waals surface area contributed by atoms with Crippen molar-refractivity contribution < 1.29 is 0 Å². The lowest BCUT2D eigenvalue weighted by atomic mass is 9.98. The van der Waals surface area contributed by atoms with Gasteiger partial charge >= 0.3 is 0 Å². The highest BCUT2D eigenvalue weighted by atomic mass is 28.3. The summed E-state index contributed by atoms with van der Waals surface area (Å²) in [5, 5.41) is 27.8. The Hall–Kier alpha value is -6.46. The highest BCUT2D eigenvalue weighted by Crippen LogP contribution is 2.37. The molecule has 8 aromatic rings. The van der Waals surface area contributed by atoms with Crippen LogP contribution in [0, 0.1) is 22.7 Å². The first-order valence-corrected chi connectivity index (χ1v) is 18.0. The average Bonchev–Trinajstić information content (AvgIpc) is 3.50. The predicted molar refractivity (Wildman–Crippen MR) is 199 cm³/mol. The standard InChI is InChI=1S/C44H29N3Si/c45-30-32-27-28-43-39(29-32)38-22-11-13-25-42(38)47(43)41-24-12-10-21-37(41)36-23-14-26-44(40(36)31-46)48(33-15-4-1-5-16-33,34-17-6-2-7-18-34)35-19-8-3-9-20-35/h1-29H. The minimum Gasteiger partial charge on any atom is -0.309 e. The zero-order chi connectivity index (χ0) is 32.5. The van der Waals surface area contributed by atoms with E-state index in [2.05, 4.69) is 156 Å². The number of nitriles is 2. The first kappa shape index (κ1) is 29.0. The quantitative estimate of drug-likeness (QED) is 0.141. The van der Waals surface area contributed by atoms with Gasteiger partial charge in [0.2, 0.25) is 0 Å². The van der Waals surface area contributed by atoms with Gasteiger partial charge in [-0.15, -0.1) is 0 Å². The molecule has 0 atom stereocenters. The summed E-state index contributed by atoms with van der Waals surface area (Å²) < 4.78 is 2.27. The van der Waals surface area contributed by atoms with Crippen molar-refractivity contribution in [2.45, 2.75) is 0 Å².